The van der Waals surface area contributed by atoms with Crippen molar-refractivity contribution >= 4 is 51.5 Å². The van der Waals surface area contributed by atoms with Crippen molar-refractivity contribution in [2.75, 3.05) is 0 Å². The van der Waals surface area contributed by atoms with Crippen molar-refractivity contribution in [2.45, 2.75) is 6.92 Å². The third-order valence-corrected chi connectivity index (χ3v) is 6.97. The van der Waals surface area contributed by atoms with Crippen LogP contribution in [0.1, 0.15) is 5.56 Å². The first kappa shape index (κ1) is 21.9. The number of benzene rings is 4. The Balaban J connectivity index is 0.000000149. The average molecular weight is 494 g/mol. The summed E-state index contributed by atoms with van der Waals surface area (Å²) in [5, 5.41) is 11.0. The van der Waals surface area contributed by atoms with E-state index in [1.165, 1.54) is 48.5 Å². The van der Waals surface area contributed by atoms with E-state index in [1.54, 1.807) is 0 Å². The maximum atomic E-state index is 2.31. The van der Waals surface area contributed by atoms with E-state index < -0.39 is 0 Å². The molecule has 1 unspecified atom stereocenters. The second-order valence-corrected chi connectivity index (χ2v) is 9.00. The van der Waals surface area contributed by atoms with Gasteiger partial charge in [0.25, 0.3) is 0 Å². The summed E-state index contributed by atoms with van der Waals surface area (Å²) in [5.41, 5.74) is 1.39. The second-order valence-electron chi connectivity index (χ2n) is 7.63. The first-order valence-electron chi connectivity index (χ1n) is 10.3. The molecule has 6 aromatic carbocycles. The summed E-state index contributed by atoms with van der Waals surface area (Å²) in [6.07, 6.45) is 0. The van der Waals surface area contributed by atoms with Gasteiger partial charge in [0, 0.05) is 0 Å². The molecule has 1 atom stereocenters. The fourth-order valence-corrected chi connectivity index (χ4v) is 5.22. The fourth-order valence-electron chi connectivity index (χ4n) is 4.00. The smallest absolute Gasteiger partial charge is 0.160 e. The van der Waals surface area contributed by atoms with E-state index >= 15 is 0 Å². The van der Waals surface area contributed by atoms with E-state index in [4.69, 9.17) is 0 Å². The van der Waals surface area contributed by atoms with Gasteiger partial charge in [0.1, 0.15) is 0 Å². The van der Waals surface area contributed by atoms with Crippen LogP contribution < -0.4 is 10.6 Å². The van der Waals surface area contributed by atoms with Gasteiger partial charge in [-0.05, 0) is 17.8 Å². The summed E-state index contributed by atoms with van der Waals surface area (Å²) >= 11 is 0. The van der Waals surface area contributed by atoms with Gasteiger partial charge in [0.15, 0.2) is 0 Å². The molecule has 0 radical (unpaired) electrons. The van der Waals surface area contributed by atoms with Crippen molar-refractivity contribution in [3.8, 4) is 0 Å². The summed E-state index contributed by atoms with van der Waals surface area (Å²) in [5.74, 6) is 0. The van der Waals surface area contributed by atoms with Gasteiger partial charge < -0.3 is 0 Å². The molecule has 0 aliphatic rings. The minimum Gasteiger partial charge on any atom is -0.160 e. The number of rotatable bonds is 2. The van der Waals surface area contributed by atoms with Crippen LogP contribution >= 0.6 is 8.58 Å². The Morgan fingerprint density at radius 3 is 1.77 bits per heavy atom. The first-order valence-corrected chi connectivity index (χ1v) is 11.3. The first-order chi connectivity index (χ1) is 14.8. The van der Waals surface area contributed by atoms with E-state index in [9.17, 15) is 0 Å². The average Bonchev–Trinajstić information content (AvgIpc) is 3.36. The summed E-state index contributed by atoms with van der Waals surface area (Å²) in [7, 11) is 0.759. The van der Waals surface area contributed by atoms with Gasteiger partial charge in [-0.3, -0.25) is 0 Å². The van der Waals surface area contributed by atoms with E-state index in [1.807, 2.05) is 0 Å². The molecule has 0 N–H and O–H groups in total. The van der Waals surface area contributed by atoms with Gasteiger partial charge in [0.2, 0.25) is 0 Å². The van der Waals surface area contributed by atoms with Crippen molar-refractivity contribution < 1.29 is 26.2 Å². The Kier molecular flexibility index (Phi) is 6.97. The molecule has 0 aliphatic heterocycles. The maximum absolute atomic E-state index is 2.31. The number of fused-ring (bicyclic) bond motifs is 4. The summed E-state index contributed by atoms with van der Waals surface area (Å²) < 4.78 is 0. The molecule has 0 nitrogen and oxygen atoms in total. The molecule has 148 valence electrons. The predicted octanol–water partition coefficient (Wildman–Crippen LogP) is 7.21. The molecule has 6 aromatic rings. The normalized spacial score (nSPS) is 11.0. The number of aryl methyl sites for hydroxylation is 1. The van der Waals surface area contributed by atoms with Crippen molar-refractivity contribution in [2.24, 2.45) is 0 Å². The zero-order chi connectivity index (χ0) is 20.3. The summed E-state index contributed by atoms with van der Waals surface area (Å²) in [6.45, 7) is 2.19. The largest absolute Gasteiger partial charge is 2.00 e. The van der Waals surface area contributed by atoms with Crippen LogP contribution in [0.5, 0.6) is 0 Å². The molecule has 2 heteroatoms. The van der Waals surface area contributed by atoms with Gasteiger partial charge in [-0.25, -0.2) is 0 Å². The van der Waals surface area contributed by atoms with Crippen LogP contribution in [-0.2, 0) is 26.2 Å². The molecule has 0 bridgehead atoms. The molecule has 6 rings (SSSR count). The van der Waals surface area contributed by atoms with Gasteiger partial charge in [0.05, 0.1) is 0 Å². The second kappa shape index (κ2) is 9.87. The minimum absolute atomic E-state index is 0. The quantitative estimate of drug-likeness (QED) is 0.177. The number of hydrogen-bond donors (Lipinski definition) is 0. The Morgan fingerprint density at radius 1 is 0.581 bits per heavy atom. The SMILES string of the molecule is Cc1ccccc1Pc1cc2ccccc2[cH-]1.[Zr+2].c1ccc2c(c1)[cH-]c1ccccc12. The molecule has 0 aromatic heterocycles. The molecule has 0 amide bonds. The van der Waals surface area contributed by atoms with Gasteiger partial charge in [-0.15, -0.1) is 80.1 Å². The van der Waals surface area contributed by atoms with Crippen LogP contribution in [0.25, 0.3) is 32.3 Å². The zero-order valence-corrected chi connectivity index (χ0v) is 20.9. The van der Waals surface area contributed by atoms with Crippen molar-refractivity contribution in [3.63, 3.8) is 0 Å². The fraction of sp³-hybridized carbons (Fsp3) is 0.0345. The van der Waals surface area contributed by atoms with E-state index in [0.29, 0.717) is 0 Å². The van der Waals surface area contributed by atoms with Crippen molar-refractivity contribution in [3.05, 3.63) is 121 Å². The molecule has 31 heavy (non-hydrogen) atoms. The molecular weight excluding hydrogens is 471 g/mol. The molecular formula is C29H23PZr. The summed E-state index contributed by atoms with van der Waals surface area (Å²) in [6, 6.07) is 41.1. The van der Waals surface area contributed by atoms with Crippen molar-refractivity contribution in [1.82, 2.24) is 0 Å². The Hall–Kier alpha value is -2.33. The number of hydrogen-bond acceptors (Lipinski definition) is 0. The predicted molar refractivity (Wildman–Crippen MR) is 135 cm³/mol. The molecule has 0 saturated carbocycles. The summed E-state index contributed by atoms with van der Waals surface area (Å²) in [4.78, 5) is 0. The van der Waals surface area contributed by atoms with Crippen LogP contribution in [0.4, 0.5) is 0 Å². The minimum atomic E-state index is 0. The zero-order valence-electron chi connectivity index (χ0n) is 17.5. The maximum Gasteiger partial charge on any atom is 2.00 e. The van der Waals surface area contributed by atoms with Gasteiger partial charge >= 0.3 is 26.2 Å². The van der Waals surface area contributed by atoms with E-state index in [-0.39, 0.29) is 26.2 Å². The van der Waals surface area contributed by atoms with Crippen LogP contribution in [0.15, 0.2) is 115 Å². The Morgan fingerprint density at radius 2 is 1.13 bits per heavy atom. The molecule has 0 heterocycles. The molecule has 0 aliphatic carbocycles. The van der Waals surface area contributed by atoms with Crippen LogP contribution in [0.2, 0.25) is 0 Å². The molecule has 0 fully saturated rings. The Labute approximate surface area is 204 Å². The van der Waals surface area contributed by atoms with E-state index in [0.717, 1.165) is 8.58 Å². The topological polar surface area (TPSA) is 0 Å². The molecule has 0 spiro atoms. The third kappa shape index (κ3) is 4.80. The standard InChI is InChI=1S/C16H14P.C13H9.Zr/c1-12-6-2-5-9-16(12)17-15-10-13-7-3-4-8-14(13)11-15;1-3-7-12-10(5-1)9-11-6-2-4-8-13(11)12;/h2-11,17H,1H3;1-9H;/q2*-1;+2. The molecule has 0 saturated heterocycles. The van der Waals surface area contributed by atoms with E-state index in [2.05, 4.69) is 122 Å². The van der Waals surface area contributed by atoms with Gasteiger partial charge in [-0.1, -0.05) is 75.3 Å². The van der Waals surface area contributed by atoms with Gasteiger partial charge in [-0.2, -0.15) is 6.07 Å². The van der Waals surface area contributed by atoms with Crippen molar-refractivity contribution in [1.29, 1.82) is 0 Å². The van der Waals surface area contributed by atoms with Crippen LogP contribution in [0.3, 0.4) is 0 Å². The monoisotopic (exact) mass is 492 g/mol. The Bertz CT molecular complexity index is 1350. The van der Waals surface area contributed by atoms with Crippen LogP contribution in [0, 0.1) is 6.92 Å². The third-order valence-electron chi connectivity index (χ3n) is 5.56. The van der Waals surface area contributed by atoms with Crippen LogP contribution in [-0.4, -0.2) is 0 Å².